The average Bonchev–Trinajstić information content (AvgIpc) is 2.74. The Morgan fingerprint density at radius 2 is 2.07 bits per heavy atom. The smallest absolute Gasteiger partial charge is 0.427 e. The number of benzene rings is 2. The number of aromatic nitrogens is 1. The fourth-order valence-electron chi connectivity index (χ4n) is 3.61. The van der Waals surface area contributed by atoms with Crippen molar-refractivity contribution in [2.75, 3.05) is 11.9 Å². The predicted octanol–water partition coefficient (Wildman–Crippen LogP) is 0.799. The van der Waals surface area contributed by atoms with E-state index in [1.165, 1.54) is 13.1 Å². The van der Waals surface area contributed by atoms with E-state index < -0.39 is 13.0 Å². The molecule has 1 aromatic heterocycles. The van der Waals surface area contributed by atoms with Crippen molar-refractivity contribution in [3.05, 3.63) is 66.0 Å². The number of fused-ring (bicyclic) bond motifs is 2. The number of nitrogens with one attached hydrogen (secondary N) is 1. The third kappa shape index (κ3) is 3.56. The van der Waals surface area contributed by atoms with E-state index in [-0.39, 0.29) is 18.4 Å². The van der Waals surface area contributed by atoms with Crippen molar-refractivity contribution in [1.82, 2.24) is 9.90 Å². The standard InChI is InChI=1S/C21H20BN5O3/c1-13(28)27-22(30)20-4-2-3-17(19(20)12-25-27)18(10-23)21(29)26-16-6-5-15-11-24-8-7-14(15)9-16/h2-9,11-12,18,30H,10,23H2,1H3,(H,26,29). The molecule has 1 unspecified atom stereocenters. The minimum atomic E-state index is -1.21. The number of amides is 2. The molecule has 0 saturated carbocycles. The zero-order valence-corrected chi connectivity index (χ0v) is 16.3. The van der Waals surface area contributed by atoms with Crippen molar-refractivity contribution >= 4 is 47.0 Å². The molecule has 30 heavy (non-hydrogen) atoms. The van der Waals surface area contributed by atoms with Crippen molar-refractivity contribution in [3.8, 4) is 0 Å². The van der Waals surface area contributed by atoms with Gasteiger partial charge in [-0.05, 0) is 40.2 Å². The highest BCUT2D eigenvalue weighted by Gasteiger charge is 2.34. The molecule has 2 heterocycles. The molecule has 0 radical (unpaired) electrons. The zero-order valence-electron chi connectivity index (χ0n) is 16.3. The molecule has 1 aliphatic rings. The van der Waals surface area contributed by atoms with Crippen molar-refractivity contribution < 1.29 is 14.6 Å². The fourth-order valence-corrected chi connectivity index (χ4v) is 3.61. The van der Waals surface area contributed by atoms with Crippen molar-refractivity contribution in [3.63, 3.8) is 0 Å². The first-order chi connectivity index (χ1) is 14.5. The summed E-state index contributed by atoms with van der Waals surface area (Å²) in [5, 5.41) is 19.4. The van der Waals surface area contributed by atoms with Gasteiger partial charge in [0.15, 0.2) is 0 Å². The second-order valence-electron chi connectivity index (χ2n) is 7.05. The molecule has 150 valence electrons. The van der Waals surface area contributed by atoms with E-state index in [1.54, 1.807) is 30.6 Å². The summed E-state index contributed by atoms with van der Waals surface area (Å²) in [6, 6.07) is 12.7. The number of nitrogens with zero attached hydrogens (tertiary/aromatic N) is 3. The lowest BCUT2D eigenvalue weighted by molar-refractivity contribution is -0.125. The Balaban J connectivity index is 1.64. The van der Waals surface area contributed by atoms with E-state index >= 15 is 0 Å². The van der Waals surface area contributed by atoms with Gasteiger partial charge in [0.1, 0.15) is 0 Å². The average molecular weight is 401 g/mol. The summed E-state index contributed by atoms with van der Waals surface area (Å²) in [6.07, 6.45) is 4.94. The number of hydrogen-bond donors (Lipinski definition) is 3. The first-order valence-electron chi connectivity index (χ1n) is 9.49. The zero-order chi connectivity index (χ0) is 21.3. The Kier molecular flexibility index (Phi) is 5.30. The van der Waals surface area contributed by atoms with Gasteiger partial charge in [0, 0.05) is 36.9 Å². The van der Waals surface area contributed by atoms with Crippen LogP contribution in [-0.2, 0) is 9.59 Å². The highest BCUT2D eigenvalue weighted by atomic mass is 16.2. The monoisotopic (exact) mass is 401 g/mol. The number of carbonyl (C=O) groups is 2. The third-order valence-corrected chi connectivity index (χ3v) is 5.15. The molecule has 4 N–H and O–H groups in total. The summed E-state index contributed by atoms with van der Waals surface area (Å²) in [6.45, 7) is 1.39. The van der Waals surface area contributed by atoms with Crippen molar-refractivity contribution in [2.45, 2.75) is 12.8 Å². The van der Waals surface area contributed by atoms with Crippen LogP contribution in [0.4, 0.5) is 5.69 Å². The predicted molar refractivity (Wildman–Crippen MR) is 116 cm³/mol. The van der Waals surface area contributed by atoms with Crippen LogP contribution in [0.15, 0.2) is 60.0 Å². The Bertz CT molecular complexity index is 1170. The molecule has 1 aliphatic heterocycles. The highest BCUT2D eigenvalue weighted by molar-refractivity contribution is 6.67. The first kappa shape index (κ1) is 19.7. The second kappa shape index (κ2) is 8.06. The molecule has 1 atom stereocenters. The van der Waals surface area contributed by atoms with Crippen LogP contribution in [0.3, 0.4) is 0 Å². The largest absolute Gasteiger partial charge is 0.474 e. The molecule has 0 bridgehead atoms. The van der Waals surface area contributed by atoms with Crippen molar-refractivity contribution in [1.29, 1.82) is 0 Å². The van der Waals surface area contributed by atoms with Gasteiger partial charge in [0.25, 0.3) is 0 Å². The third-order valence-electron chi connectivity index (χ3n) is 5.15. The normalized spacial score (nSPS) is 13.8. The topological polar surface area (TPSA) is 121 Å². The summed E-state index contributed by atoms with van der Waals surface area (Å²) in [5.41, 5.74) is 8.34. The van der Waals surface area contributed by atoms with Gasteiger partial charge in [-0.15, -0.1) is 0 Å². The Hall–Kier alpha value is -3.56. The van der Waals surface area contributed by atoms with Gasteiger partial charge < -0.3 is 16.1 Å². The Labute approximate surface area is 173 Å². The second-order valence-corrected chi connectivity index (χ2v) is 7.05. The lowest BCUT2D eigenvalue weighted by atomic mass is 9.68. The minimum Gasteiger partial charge on any atom is -0.427 e. The summed E-state index contributed by atoms with van der Waals surface area (Å²) >= 11 is 0. The maximum atomic E-state index is 13.0. The lowest BCUT2D eigenvalue weighted by Crippen LogP contribution is -2.52. The van der Waals surface area contributed by atoms with Gasteiger partial charge in [-0.1, -0.05) is 24.3 Å². The molecule has 2 amide bonds. The molecule has 9 heteroatoms. The number of nitrogens with two attached hydrogens (primary N) is 1. The van der Waals surface area contributed by atoms with Crippen LogP contribution in [-0.4, -0.2) is 46.6 Å². The first-order valence-corrected chi connectivity index (χ1v) is 9.49. The van der Waals surface area contributed by atoms with Gasteiger partial charge in [0.2, 0.25) is 11.8 Å². The molecule has 2 aromatic carbocycles. The van der Waals surface area contributed by atoms with E-state index in [0.717, 1.165) is 15.7 Å². The van der Waals surface area contributed by atoms with Gasteiger partial charge in [-0.25, -0.2) is 4.92 Å². The van der Waals surface area contributed by atoms with Crippen LogP contribution in [0.25, 0.3) is 10.8 Å². The molecule has 0 fully saturated rings. The van der Waals surface area contributed by atoms with Crippen LogP contribution in [0.5, 0.6) is 0 Å². The van der Waals surface area contributed by atoms with Crippen LogP contribution in [0, 0.1) is 0 Å². The van der Waals surface area contributed by atoms with E-state index in [0.29, 0.717) is 22.3 Å². The SMILES string of the molecule is CC(=O)N1N=Cc2c(cccc2C(CN)C(=O)Nc2ccc3cnccc3c2)B1O. The number of anilines is 1. The van der Waals surface area contributed by atoms with Gasteiger partial charge in [0.05, 0.1) is 12.1 Å². The number of carbonyl (C=O) groups excluding carboxylic acids is 2. The van der Waals surface area contributed by atoms with Crippen LogP contribution < -0.4 is 16.5 Å². The quantitative estimate of drug-likeness (QED) is 0.559. The summed E-state index contributed by atoms with van der Waals surface area (Å²) < 4.78 is 0. The van der Waals surface area contributed by atoms with Gasteiger partial charge >= 0.3 is 7.05 Å². The maximum Gasteiger partial charge on any atom is 0.474 e. The molecule has 8 nitrogen and oxygen atoms in total. The van der Waals surface area contributed by atoms with E-state index in [4.69, 9.17) is 5.73 Å². The lowest BCUT2D eigenvalue weighted by Gasteiger charge is -2.27. The van der Waals surface area contributed by atoms with E-state index in [1.807, 2.05) is 24.3 Å². The van der Waals surface area contributed by atoms with Gasteiger partial charge in [-0.2, -0.15) is 5.10 Å². The Morgan fingerprint density at radius 3 is 2.83 bits per heavy atom. The summed E-state index contributed by atoms with van der Waals surface area (Å²) in [5.74, 6) is -1.30. The maximum absolute atomic E-state index is 13.0. The molecular weight excluding hydrogens is 381 g/mol. The van der Waals surface area contributed by atoms with Crippen molar-refractivity contribution in [2.24, 2.45) is 10.8 Å². The van der Waals surface area contributed by atoms with Gasteiger partial charge in [-0.3, -0.25) is 14.6 Å². The number of hydrogen-bond acceptors (Lipinski definition) is 6. The van der Waals surface area contributed by atoms with Crippen LogP contribution in [0.1, 0.15) is 24.0 Å². The number of hydrazone groups is 1. The van der Waals surface area contributed by atoms with E-state index in [2.05, 4.69) is 15.4 Å². The molecule has 0 aliphatic carbocycles. The molecule has 3 aromatic rings. The fraction of sp³-hybridized carbons (Fsp3) is 0.143. The van der Waals surface area contributed by atoms with Crippen LogP contribution in [0.2, 0.25) is 0 Å². The molecular formula is C21H20BN5O3. The van der Waals surface area contributed by atoms with E-state index in [9.17, 15) is 14.6 Å². The highest BCUT2D eigenvalue weighted by Crippen LogP contribution is 2.23. The number of pyridine rings is 1. The molecule has 4 rings (SSSR count). The number of rotatable bonds is 4. The molecule has 0 spiro atoms. The Morgan fingerprint density at radius 1 is 1.23 bits per heavy atom. The summed E-state index contributed by atoms with van der Waals surface area (Å²) in [7, 11) is -1.21. The van der Waals surface area contributed by atoms with Crippen LogP contribution >= 0.6 is 0 Å². The summed E-state index contributed by atoms with van der Waals surface area (Å²) in [4.78, 5) is 29.8. The molecule has 0 saturated heterocycles. The minimum absolute atomic E-state index is 0.0696.